The lowest BCUT2D eigenvalue weighted by Crippen LogP contribution is -2.27. The second-order valence-corrected chi connectivity index (χ2v) is 1.89. The maximum atomic E-state index is 10.8. The number of allylic oxidation sites excluding steroid dienone is 1. The van der Waals surface area contributed by atoms with Crippen LogP contribution in [0.1, 0.15) is 0 Å². The van der Waals surface area contributed by atoms with Gasteiger partial charge in [-0.15, -0.1) is 0 Å². The first kappa shape index (κ1) is 9.17. The van der Waals surface area contributed by atoms with Crippen LogP contribution in [0.15, 0.2) is 12.2 Å². The fourth-order valence-corrected chi connectivity index (χ4v) is 0.488. The number of nitrogens with zero attached hydrogens (tertiary/aromatic N) is 1. The van der Waals surface area contributed by atoms with E-state index in [9.17, 15) is 4.79 Å². The first-order chi connectivity index (χ1) is 4.72. The maximum Gasteiger partial charge on any atom is 0.246 e. The van der Waals surface area contributed by atoms with Gasteiger partial charge in [0.15, 0.2) is 0 Å². The zero-order chi connectivity index (χ0) is 7.98. The summed E-state index contributed by atoms with van der Waals surface area (Å²) in [5.74, 6) is -0.135. The van der Waals surface area contributed by atoms with Gasteiger partial charge in [0.05, 0.1) is 6.61 Å². The van der Waals surface area contributed by atoms with Crippen molar-refractivity contribution in [3.05, 3.63) is 19.1 Å². The van der Waals surface area contributed by atoms with Crippen LogP contribution in [-0.2, 0) is 4.79 Å². The number of rotatable bonds is 3. The molecule has 57 valence electrons. The summed E-state index contributed by atoms with van der Waals surface area (Å²) >= 11 is 0. The molecule has 0 rings (SSSR count). The molecule has 0 unspecified atom stereocenters. The van der Waals surface area contributed by atoms with Gasteiger partial charge in [-0.05, 0) is 13.0 Å². The summed E-state index contributed by atoms with van der Waals surface area (Å²) < 4.78 is 0. The molecule has 0 saturated heterocycles. The summed E-state index contributed by atoms with van der Waals surface area (Å²) in [4.78, 5) is 12.2. The number of carbonyl (C=O) groups is 1. The highest BCUT2D eigenvalue weighted by Gasteiger charge is 2.00. The third-order valence-corrected chi connectivity index (χ3v) is 1.07. The van der Waals surface area contributed by atoms with Crippen molar-refractivity contribution in [1.29, 1.82) is 0 Å². The van der Waals surface area contributed by atoms with Gasteiger partial charge in [0, 0.05) is 13.6 Å². The van der Waals surface area contributed by atoms with E-state index in [-0.39, 0.29) is 12.5 Å². The summed E-state index contributed by atoms with van der Waals surface area (Å²) in [5.41, 5.74) is 0. The lowest BCUT2D eigenvalue weighted by molar-refractivity contribution is -0.125. The monoisotopic (exact) mass is 142 g/mol. The maximum absolute atomic E-state index is 10.8. The van der Waals surface area contributed by atoms with Crippen LogP contribution < -0.4 is 0 Å². The van der Waals surface area contributed by atoms with Crippen molar-refractivity contribution in [1.82, 2.24) is 4.90 Å². The van der Waals surface area contributed by atoms with Gasteiger partial charge < -0.3 is 10.0 Å². The highest BCUT2D eigenvalue weighted by molar-refractivity contribution is 5.87. The average molecular weight is 142 g/mol. The van der Waals surface area contributed by atoms with Crippen molar-refractivity contribution in [3.63, 3.8) is 0 Å². The van der Waals surface area contributed by atoms with E-state index in [1.807, 2.05) is 0 Å². The van der Waals surface area contributed by atoms with Gasteiger partial charge in [0.1, 0.15) is 0 Å². The van der Waals surface area contributed by atoms with Crippen LogP contribution in [0.5, 0.6) is 0 Å². The van der Waals surface area contributed by atoms with Crippen molar-refractivity contribution in [2.45, 2.75) is 0 Å². The van der Waals surface area contributed by atoms with E-state index in [1.165, 1.54) is 17.1 Å². The smallest absolute Gasteiger partial charge is 0.246 e. The molecule has 1 amide bonds. The van der Waals surface area contributed by atoms with Gasteiger partial charge in [0.25, 0.3) is 0 Å². The molecule has 3 nitrogen and oxygen atoms in total. The second kappa shape index (κ2) is 4.99. The summed E-state index contributed by atoms with van der Waals surface area (Å²) in [7, 11) is 1.62. The van der Waals surface area contributed by atoms with Crippen LogP contribution in [0.25, 0.3) is 0 Å². The van der Waals surface area contributed by atoms with Gasteiger partial charge in [-0.2, -0.15) is 0 Å². The molecule has 1 N–H and O–H groups in total. The number of aliphatic hydroxyl groups is 1. The Morgan fingerprint density at radius 3 is 2.80 bits per heavy atom. The van der Waals surface area contributed by atoms with E-state index < -0.39 is 0 Å². The highest BCUT2D eigenvalue weighted by atomic mass is 16.3. The minimum atomic E-state index is -0.135. The molecular formula is C7H12NO2. The molecule has 0 fully saturated rings. The predicted molar refractivity (Wildman–Crippen MR) is 39.2 cm³/mol. The van der Waals surface area contributed by atoms with Crippen molar-refractivity contribution in [3.8, 4) is 0 Å². The van der Waals surface area contributed by atoms with Crippen molar-refractivity contribution in [2.24, 2.45) is 0 Å². The van der Waals surface area contributed by atoms with Crippen LogP contribution >= 0.6 is 0 Å². The minimum Gasteiger partial charge on any atom is -0.395 e. The molecule has 0 aromatic carbocycles. The van der Waals surface area contributed by atoms with Crippen molar-refractivity contribution >= 4 is 5.91 Å². The second-order valence-electron chi connectivity index (χ2n) is 1.89. The summed E-state index contributed by atoms with van der Waals surface area (Å²) in [6.45, 7) is 3.74. The van der Waals surface area contributed by atoms with Crippen LogP contribution in [0.4, 0.5) is 0 Å². The molecule has 1 radical (unpaired) electrons. The SMILES string of the molecule is [CH2]/C=C/C(=O)N(C)CCO. The van der Waals surface area contributed by atoms with E-state index in [2.05, 4.69) is 6.92 Å². The fourth-order valence-electron chi connectivity index (χ4n) is 0.488. The first-order valence-corrected chi connectivity index (χ1v) is 3.04. The molecule has 10 heavy (non-hydrogen) atoms. The molecule has 0 aromatic heterocycles. The number of aliphatic hydroxyl groups excluding tert-OH is 1. The van der Waals surface area contributed by atoms with Gasteiger partial charge in [-0.25, -0.2) is 0 Å². The van der Waals surface area contributed by atoms with E-state index in [0.717, 1.165) is 0 Å². The number of likely N-dealkylation sites (N-methyl/N-ethyl adjacent to an activating group) is 1. The summed E-state index contributed by atoms with van der Waals surface area (Å²) in [6, 6.07) is 0. The molecule has 0 bridgehead atoms. The zero-order valence-corrected chi connectivity index (χ0v) is 6.08. The Balaban J connectivity index is 3.70. The van der Waals surface area contributed by atoms with Gasteiger partial charge in [-0.3, -0.25) is 4.79 Å². The lowest BCUT2D eigenvalue weighted by Gasteiger charge is -2.11. The minimum absolute atomic E-state index is 0.00672. The van der Waals surface area contributed by atoms with E-state index in [1.54, 1.807) is 7.05 Å². The molecule has 0 heterocycles. The van der Waals surface area contributed by atoms with Crippen LogP contribution in [0.2, 0.25) is 0 Å². The highest BCUT2D eigenvalue weighted by Crippen LogP contribution is 1.84. The van der Waals surface area contributed by atoms with Gasteiger partial charge in [0.2, 0.25) is 5.91 Å². The topological polar surface area (TPSA) is 40.5 Å². The third-order valence-electron chi connectivity index (χ3n) is 1.07. The Morgan fingerprint density at radius 2 is 2.40 bits per heavy atom. The molecule has 0 atom stereocenters. The standard InChI is InChI=1S/C7H12NO2/c1-3-4-7(10)8(2)5-6-9/h3-4,9H,1,5-6H2,2H3/b4-3+. The van der Waals surface area contributed by atoms with Crippen molar-refractivity contribution in [2.75, 3.05) is 20.2 Å². The van der Waals surface area contributed by atoms with Crippen LogP contribution in [0.3, 0.4) is 0 Å². The van der Waals surface area contributed by atoms with E-state index >= 15 is 0 Å². The lowest BCUT2D eigenvalue weighted by atomic mass is 10.4. The predicted octanol–water partition coefficient (Wildman–Crippen LogP) is -0.173. The van der Waals surface area contributed by atoms with Gasteiger partial charge >= 0.3 is 0 Å². The summed E-state index contributed by atoms with van der Waals surface area (Å²) in [6.07, 6.45) is 2.78. The Kier molecular flexibility index (Phi) is 4.58. The normalized spacial score (nSPS) is 10.3. The Labute approximate surface area is 61.0 Å². The average Bonchev–Trinajstić information content (AvgIpc) is 1.89. The molecule has 0 aliphatic carbocycles. The van der Waals surface area contributed by atoms with Crippen LogP contribution in [-0.4, -0.2) is 36.1 Å². The van der Waals surface area contributed by atoms with Crippen LogP contribution in [0, 0.1) is 6.92 Å². The number of amides is 1. The molecule has 0 aromatic rings. The van der Waals surface area contributed by atoms with Crippen molar-refractivity contribution < 1.29 is 9.90 Å². The largest absolute Gasteiger partial charge is 0.395 e. The Bertz CT molecular complexity index is 132. The molecule has 0 aliphatic rings. The number of hydrogen-bond acceptors (Lipinski definition) is 2. The quantitative estimate of drug-likeness (QED) is 0.556. The van der Waals surface area contributed by atoms with E-state index in [0.29, 0.717) is 6.54 Å². The molecular weight excluding hydrogens is 130 g/mol. The molecule has 0 aliphatic heterocycles. The Hall–Kier alpha value is -0.830. The zero-order valence-electron chi connectivity index (χ0n) is 6.08. The Morgan fingerprint density at radius 1 is 1.80 bits per heavy atom. The fraction of sp³-hybridized carbons (Fsp3) is 0.429. The molecule has 0 saturated carbocycles. The summed E-state index contributed by atoms with van der Waals surface area (Å²) in [5, 5.41) is 8.42. The first-order valence-electron chi connectivity index (χ1n) is 3.04. The number of hydrogen-bond donors (Lipinski definition) is 1. The number of carbonyl (C=O) groups excluding carboxylic acids is 1. The third kappa shape index (κ3) is 3.25. The van der Waals surface area contributed by atoms with E-state index in [4.69, 9.17) is 5.11 Å². The van der Waals surface area contributed by atoms with Gasteiger partial charge in [-0.1, -0.05) is 6.08 Å². The molecule has 3 heteroatoms. The molecule has 0 spiro atoms.